The van der Waals surface area contributed by atoms with E-state index in [4.69, 9.17) is 23.1 Å². The van der Waals surface area contributed by atoms with Gasteiger partial charge in [-0.3, -0.25) is 4.79 Å². The van der Waals surface area contributed by atoms with Crippen LogP contribution in [-0.4, -0.2) is 16.3 Å². The lowest BCUT2D eigenvalue weighted by Gasteiger charge is -2.04. The fourth-order valence-corrected chi connectivity index (χ4v) is 2.38. The standard InChI is InChI=1S/C11H9ClN4OS/c12-7-3-6(5-17)1-2-8(7)18-11-15-9(13)4-10(14)16-11/h1-5H,(H4,13,14,15,16). The second kappa shape index (κ2) is 5.24. The normalized spacial score (nSPS) is 10.3. The average Bonchev–Trinajstić information content (AvgIpc) is 2.30. The highest BCUT2D eigenvalue weighted by molar-refractivity contribution is 7.99. The van der Waals surface area contributed by atoms with Gasteiger partial charge >= 0.3 is 0 Å². The maximum absolute atomic E-state index is 10.6. The Kier molecular flexibility index (Phi) is 3.69. The summed E-state index contributed by atoms with van der Waals surface area (Å²) in [5.74, 6) is 0.594. The molecule has 0 atom stereocenters. The quantitative estimate of drug-likeness (QED) is 0.661. The van der Waals surface area contributed by atoms with E-state index < -0.39 is 0 Å². The van der Waals surface area contributed by atoms with Crippen LogP contribution < -0.4 is 11.5 Å². The third kappa shape index (κ3) is 2.91. The number of rotatable bonds is 3. The van der Waals surface area contributed by atoms with Crippen LogP contribution in [0, 0.1) is 0 Å². The van der Waals surface area contributed by atoms with Crippen LogP contribution in [-0.2, 0) is 0 Å². The van der Waals surface area contributed by atoms with Crippen LogP contribution in [0.3, 0.4) is 0 Å². The summed E-state index contributed by atoms with van der Waals surface area (Å²) in [6.45, 7) is 0. The minimum absolute atomic E-state index is 0.297. The molecule has 0 aliphatic heterocycles. The Bertz CT molecular complexity index is 585. The molecule has 1 aromatic heterocycles. The van der Waals surface area contributed by atoms with Crippen LogP contribution >= 0.6 is 23.4 Å². The molecule has 0 saturated heterocycles. The fourth-order valence-electron chi connectivity index (χ4n) is 1.28. The van der Waals surface area contributed by atoms with Gasteiger partial charge in [0, 0.05) is 16.5 Å². The molecule has 4 N–H and O–H groups in total. The number of nitrogen functional groups attached to an aromatic ring is 2. The smallest absolute Gasteiger partial charge is 0.196 e. The average molecular weight is 281 g/mol. The predicted molar refractivity (Wildman–Crippen MR) is 71.8 cm³/mol. The van der Waals surface area contributed by atoms with Crippen molar-refractivity contribution in [1.82, 2.24) is 9.97 Å². The first-order valence-electron chi connectivity index (χ1n) is 4.91. The van der Waals surface area contributed by atoms with Crippen LogP contribution in [0.4, 0.5) is 11.6 Å². The van der Waals surface area contributed by atoms with E-state index in [2.05, 4.69) is 9.97 Å². The van der Waals surface area contributed by atoms with E-state index in [9.17, 15) is 4.79 Å². The van der Waals surface area contributed by atoms with Crippen molar-refractivity contribution in [1.29, 1.82) is 0 Å². The van der Waals surface area contributed by atoms with Crippen molar-refractivity contribution in [3.8, 4) is 0 Å². The number of halogens is 1. The molecule has 0 saturated carbocycles. The number of hydrogen-bond donors (Lipinski definition) is 2. The molecule has 2 aromatic rings. The molecule has 0 fully saturated rings. The SMILES string of the molecule is Nc1cc(N)nc(Sc2ccc(C=O)cc2Cl)n1. The minimum Gasteiger partial charge on any atom is -0.383 e. The summed E-state index contributed by atoms with van der Waals surface area (Å²) in [6, 6.07) is 6.43. The Hall–Kier alpha value is -1.79. The van der Waals surface area contributed by atoms with Gasteiger partial charge in [-0.05, 0) is 23.9 Å². The molecular formula is C11H9ClN4OS. The second-order valence-electron chi connectivity index (χ2n) is 3.41. The van der Waals surface area contributed by atoms with E-state index in [1.807, 2.05) is 0 Å². The number of aldehydes is 1. The second-order valence-corrected chi connectivity index (χ2v) is 4.83. The number of carbonyl (C=O) groups excluding carboxylic acids is 1. The zero-order valence-electron chi connectivity index (χ0n) is 9.13. The molecule has 0 amide bonds. The number of hydrogen-bond acceptors (Lipinski definition) is 6. The number of carbonyl (C=O) groups is 1. The summed E-state index contributed by atoms with van der Waals surface area (Å²) in [6.07, 6.45) is 0.731. The Labute approximate surface area is 113 Å². The number of anilines is 2. The Balaban J connectivity index is 2.31. The monoisotopic (exact) mass is 280 g/mol. The lowest BCUT2D eigenvalue weighted by Crippen LogP contribution is -1.99. The van der Waals surface area contributed by atoms with Crippen molar-refractivity contribution in [3.05, 3.63) is 34.9 Å². The van der Waals surface area contributed by atoms with Crippen molar-refractivity contribution in [2.24, 2.45) is 0 Å². The largest absolute Gasteiger partial charge is 0.383 e. The van der Waals surface area contributed by atoms with Gasteiger partial charge in [-0.15, -0.1) is 0 Å². The maximum Gasteiger partial charge on any atom is 0.196 e. The van der Waals surface area contributed by atoms with Crippen LogP contribution in [0.2, 0.25) is 5.02 Å². The number of nitrogens with zero attached hydrogens (tertiary/aromatic N) is 2. The van der Waals surface area contributed by atoms with Gasteiger partial charge in [-0.2, -0.15) is 0 Å². The first kappa shape index (κ1) is 12.7. The molecular weight excluding hydrogens is 272 g/mol. The summed E-state index contributed by atoms with van der Waals surface area (Å²) >= 11 is 7.27. The molecule has 1 aromatic carbocycles. The van der Waals surface area contributed by atoms with E-state index in [1.54, 1.807) is 18.2 Å². The van der Waals surface area contributed by atoms with Gasteiger partial charge in [0.1, 0.15) is 17.9 Å². The lowest BCUT2D eigenvalue weighted by molar-refractivity contribution is 0.112. The molecule has 0 spiro atoms. The zero-order chi connectivity index (χ0) is 13.1. The third-order valence-corrected chi connectivity index (χ3v) is 3.40. The van der Waals surface area contributed by atoms with Crippen LogP contribution in [0.25, 0.3) is 0 Å². The highest BCUT2D eigenvalue weighted by Crippen LogP contribution is 2.32. The molecule has 92 valence electrons. The Morgan fingerprint density at radius 2 is 1.83 bits per heavy atom. The molecule has 0 aliphatic rings. The van der Waals surface area contributed by atoms with Gasteiger partial charge in [-0.1, -0.05) is 17.7 Å². The molecule has 5 nitrogen and oxygen atoms in total. The van der Waals surface area contributed by atoms with Gasteiger partial charge in [0.15, 0.2) is 5.16 Å². The molecule has 0 radical (unpaired) electrons. The topological polar surface area (TPSA) is 94.9 Å². The highest BCUT2D eigenvalue weighted by Gasteiger charge is 2.07. The van der Waals surface area contributed by atoms with Crippen LogP contribution in [0.5, 0.6) is 0 Å². The van der Waals surface area contributed by atoms with Crippen molar-refractivity contribution in [2.45, 2.75) is 10.1 Å². The van der Waals surface area contributed by atoms with E-state index in [0.29, 0.717) is 27.4 Å². The molecule has 0 bridgehead atoms. The van der Waals surface area contributed by atoms with E-state index >= 15 is 0 Å². The predicted octanol–water partition coefficient (Wildman–Crippen LogP) is 2.26. The summed E-state index contributed by atoms with van der Waals surface area (Å²) in [7, 11) is 0. The van der Waals surface area contributed by atoms with Crippen molar-refractivity contribution >= 4 is 41.3 Å². The van der Waals surface area contributed by atoms with E-state index in [1.165, 1.54) is 17.8 Å². The van der Waals surface area contributed by atoms with Crippen LogP contribution in [0.1, 0.15) is 10.4 Å². The highest BCUT2D eigenvalue weighted by atomic mass is 35.5. The lowest BCUT2D eigenvalue weighted by atomic mass is 10.2. The number of aromatic nitrogens is 2. The summed E-state index contributed by atoms with van der Waals surface area (Å²) in [5, 5.41) is 0.863. The first-order chi connectivity index (χ1) is 8.58. The molecule has 2 rings (SSSR count). The van der Waals surface area contributed by atoms with Gasteiger partial charge in [0.25, 0.3) is 0 Å². The summed E-state index contributed by atoms with van der Waals surface area (Å²) in [5.41, 5.74) is 11.7. The Morgan fingerprint density at radius 1 is 1.17 bits per heavy atom. The van der Waals surface area contributed by atoms with Crippen LogP contribution in [0.15, 0.2) is 34.3 Å². The van der Waals surface area contributed by atoms with E-state index in [-0.39, 0.29) is 0 Å². The molecule has 0 aliphatic carbocycles. The molecule has 18 heavy (non-hydrogen) atoms. The third-order valence-electron chi connectivity index (χ3n) is 2.04. The molecule has 0 unspecified atom stereocenters. The Morgan fingerprint density at radius 3 is 2.39 bits per heavy atom. The number of benzene rings is 1. The maximum atomic E-state index is 10.6. The summed E-state index contributed by atoms with van der Waals surface area (Å²) < 4.78 is 0. The zero-order valence-corrected chi connectivity index (χ0v) is 10.7. The van der Waals surface area contributed by atoms with Gasteiger partial charge in [0.05, 0.1) is 5.02 Å². The fraction of sp³-hybridized carbons (Fsp3) is 0. The first-order valence-corrected chi connectivity index (χ1v) is 6.10. The number of nitrogens with two attached hydrogens (primary N) is 2. The molecule has 1 heterocycles. The summed E-state index contributed by atoms with van der Waals surface area (Å²) in [4.78, 5) is 19.4. The molecule has 7 heteroatoms. The van der Waals surface area contributed by atoms with E-state index in [0.717, 1.165) is 11.2 Å². The van der Waals surface area contributed by atoms with Gasteiger partial charge < -0.3 is 11.5 Å². The minimum atomic E-state index is 0.297. The van der Waals surface area contributed by atoms with Gasteiger partial charge in [-0.25, -0.2) is 9.97 Å². The van der Waals surface area contributed by atoms with Crippen molar-refractivity contribution in [2.75, 3.05) is 11.5 Å². The van der Waals surface area contributed by atoms with Crippen molar-refractivity contribution in [3.63, 3.8) is 0 Å². The van der Waals surface area contributed by atoms with Gasteiger partial charge in [0.2, 0.25) is 0 Å². The van der Waals surface area contributed by atoms with Crippen molar-refractivity contribution < 1.29 is 4.79 Å².